The number of carbonyl (C=O) groups is 1. The summed E-state index contributed by atoms with van der Waals surface area (Å²) in [5.41, 5.74) is 3.10. The molecule has 0 spiro atoms. The normalized spacial score (nSPS) is 12.2. The third-order valence-corrected chi connectivity index (χ3v) is 5.91. The van der Waals surface area contributed by atoms with E-state index in [0.717, 1.165) is 25.6 Å². The Hall–Kier alpha value is -1.37. The molecule has 0 aromatic heterocycles. The van der Waals surface area contributed by atoms with Crippen LogP contribution in [0.1, 0.15) is 49.8 Å². The monoisotopic (exact) mass is 512 g/mol. The number of carbonyl (C=O) groups excluding carboxylic acids is 1. The van der Waals surface area contributed by atoms with Crippen LogP contribution >= 0.6 is 31.9 Å². The first-order valence-electron chi connectivity index (χ1n) is 9.26. The molecule has 2 aromatic rings. The average Bonchev–Trinajstić information content (AvgIpc) is 2.63. The molecule has 0 heterocycles. The van der Waals surface area contributed by atoms with Gasteiger partial charge in [-0.3, -0.25) is 4.79 Å². The zero-order valence-electron chi connectivity index (χ0n) is 16.3. The summed E-state index contributed by atoms with van der Waals surface area (Å²) in [4.78, 5) is 11.9. The van der Waals surface area contributed by atoms with Gasteiger partial charge in [0.2, 0.25) is 0 Å². The number of phenols is 1. The fraction of sp³-hybridized carbons (Fsp3) is 0.409. The summed E-state index contributed by atoms with van der Waals surface area (Å²) in [6.45, 7) is 5.91. The Bertz CT molecular complexity index is 810. The van der Waals surface area contributed by atoms with Gasteiger partial charge in [0.05, 0.1) is 0 Å². The summed E-state index contributed by atoms with van der Waals surface area (Å²) in [5.74, 6) is 1.07. The topological polar surface area (TPSA) is 66.8 Å². The van der Waals surface area contributed by atoms with Gasteiger partial charge in [0.15, 0.2) is 5.78 Å². The second-order valence-corrected chi connectivity index (χ2v) is 9.12. The number of benzene rings is 2. The summed E-state index contributed by atoms with van der Waals surface area (Å²) in [5, 5.41) is 19.1. The van der Waals surface area contributed by atoms with Crippen LogP contribution in [0.2, 0.25) is 0 Å². The number of ether oxygens (including phenoxy) is 1. The highest BCUT2D eigenvalue weighted by molar-refractivity contribution is 9.11. The van der Waals surface area contributed by atoms with Crippen molar-refractivity contribution < 1.29 is 19.7 Å². The van der Waals surface area contributed by atoms with E-state index in [-0.39, 0.29) is 30.8 Å². The largest absolute Gasteiger partial charge is 0.508 e. The van der Waals surface area contributed by atoms with Gasteiger partial charge in [0.25, 0.3) is 0 Å². The van der Waals surface area contributed by atoms with Crippen molar-refractivity contribution in [1.29, 1.82) is 0 Å². The van der Waals surface area contributed by atoms with Crippen molar-refractivity contribution in [3.05, 3.63) is 56.0 Å². The van der Waals surface area contributed by atoms with Gasteiger partial charge >= 0.3 is 0 Å². The first kappa shape index (κ1) is 22.9. The van der Waals surface area contributed by atoms with Crippen LogP contribution in [0.15, 0.2) is 39.3 Å². The lowest BCUT2D eigenvalue weighted by atomic mass is 9.96. The molecule has 0 fully saturated rings. The molecule has 0 bridgehead atoms. The van der Waals surface area contributed by atoms with Gasteiger partial charge in [-0.2, -0.15) is 0 Å². The molecule has 1 atom stereocenters. The Kier molecular flexibility index (Phi) is 8.53. The second kappa shape index (κ2) is 10.4. The average molecular weight is 514 g/mol. The van der Waals surface area contributed by atoms with Gasteiger partial charge < -0.3 is 14.9 Å². The van der Waals surface area contributed by atoms with Crippen molar-refractivity contribution in [2.45, 2.75) is 39.5 Å². The SMILES string of the molecule is CC(C)c1cc(Cc2c(Br)cc(OCC(=O)C[C@@H](C)CO)cc2Br)ccc1O. The van der Waals surface area contributed by atoms with Gasteiger partial charge in [0.1, 0.15) is 18.1 Å². The summed E-state index contributed by atoms with van der Waals surface area (Å²) >= 11 is 7.20. The highest BCUT2D eigenvalue weighted by Gasteiger charge is 2.14. The van der Waals surface area contributed by atoms with E-state index in [2.05, 4.69) is 45.7 Å². The van der Waals surface area contributed by atoms with Gasteiger partial charge in [-0.25, -0.2) is 0 Å². The molecule has 0 amide bonds. The van der Waals surface area contributed by atoms with Crippen LogP contribution in [0.4, 0.5) is 0 Å². The van der Waals surface area contributed by atoms with E-state index in [1.54, 1.807) is 6.07 Å². The van der Waals surface area contributed by atoms with Crippen LogP contribution in [0.5, 0.6) is 11.5 Å². The molecule has 2 N–H and O–H groups in total. The van der Waals surface area contributed by atoms with Crippen LogP contribution < -0.4 is 4.74 Å². The molecule has 0 unspecified atom stereocenters. The lowest BCUT2D eigenvalue weighted by Crippen LogP contribution is -2.16. The molecule has 152 valence electrons. The zero-order chi connectivity index (χ0) is 20.8. The smallest absolute Gasteiger partial charge is 0.170 e. The van der Waals surface area contributed by atoms with Crippen molar-refractivity contribution in [2.75, 3.05) is 13.2 Å². The fourth-order valence-corrected chi connectivity index (χ4v) is 4.31. The first-order valence-corrected chi connectivity index (χ1v) is 10.8. The molecule has 0 saturated carbocycles. The van der Waals surface area contributed by atoms with E-state index in [1.165, 1.54) is 0 Å². The van der Waals surface area contributed by atoms with Gasteiger partial charge in [-0.05, 0) is 53.1 Å². The molecular weight excluding hydrogens is 488 g/mol. The van der Waals surface area contributed by atoms with Crippen LogP contribution in [0.3, 0.4) is 0 Å². The molecule has 0 aliphatic heterocycles. The molecular formula is C22H26Br2O4. The highest BCUT2D eigenvalue weighted by atomic mass is 79.9. The molecule has 0 aliphatic carbocycles. The predicted octanol–water partition coefficient (Wildman–Crippen LogP) is 5.60. The maximum atomic E-state index is 11.9. The van der Waals surface area contributed by atoms with Crippen molar-refractivity contribution in [1.82, 2.24) is 0 Å². The standard InChI is InChI=1S/C22H26Br2O4/c1-13(2)18-7-15(4-5-22(18)27)8-19-20(23)9-17(10-21(19)24)28-12-16(26)6-14(3)11-25/h4-5,7,9-10,13-14,25,27H,6,8,11-12H2,1-3H3/t14-/m1/s1. The van der Waals surface area contributed by atoms with Crippen molar-refractivity contribution in [2.24, 2.45) is 5.92 Å². The quantitative estimate of drug-likeness (QED) is 0.458. The van der Waals surface area contributed by atoms with Crippen LogP contribution in [-0.4, -0.2) is 29.2 Å². The molecule has 4 nitrogen and oxygen atoms in total. The van der Waals surface area contributed by atoms with Crippen molar-refractivity contribution in [3.63, 3.8) is 0 Å². The van der Waals surface area contributed by atoms with E-state index >= 15 is 0 Å². The number of phenolic OH excluding ortho intramolecular Hbond substituents is 1. The Morgan fingerprint density at radius 3 is 2.32 bits per heavy atom. The minimum Gasteiger partial charge on any atom is -0.508 e. The maximum Gasteiger partial charge on any atom is 0.170 e. The van der Waals surface area contributed by atoms with Gasteiger partial charge in [0, 0.05) is 22.0 Å². The number of aliphatic hydroxyl groups is 1. The molecule has 2 aromatic carbocycles. The van der Waals surface area contributed by atoms with Crippen LogP contribution in [-0.2, 0) is 11.2 Å². The first-order chi connectivity index (χ1) is 13.2. The minimum absolute atomic E-state index is 0.00663. The third-order valence-electron chi connectivity index (χ3n) is 4.50. The van der Waals surface area contributed by atoms with E-state index in [4.69, 9.17) is 9.84 Å². The van der Waals surface area contributed by atoms with Crippen molar-refractivity contribution >= 4 is 37.6 Å². The summed E-state index contributed by atoms with van der Waals surface area (Å²) in [6.07, 6.45) is 0.990. The molecule has 2 rings (SSSR count). The molecule has 0 radical (unpaired) electrons. The fourth-order valence-electron chi connectivity index (χ4n) is 2.89. The maximum absolute atomic E-state index is 11.9. The van der Waals surface area contributed by atoms with Crippen molar-refractivity contribution in [3.8, 4) is 11.5 Å². The third kappa shape index (κ3) is 6.33. The molecule has 28 heavy (non-hydrogen) atoms. The van der Waals surface area contributed by atoms with Crippen LogP contribution in [0, 0.1) is 5.92 Å². The van der Waals surface area contributed by atoms with Crippen LogP contribution in [0.25, 0.3) is 0 Å². The molecule has 6 heteroatoms. The zero-order valence-corrected chi connectivity index (χ0v) is 19.5. The number of hydrogen-bond donors (Lipinski definition) is 2. The summed E-state index contributed by atoms with van der Waals surface area (Å²) < 4.78 is 7.39. The highest BCUT2D eigenvalue weighted by Crippen LogP contribution is 2.34. The number of Topliss-reactive ketones (excluding diaryl/α,β-unsaturated/α-hetero) is 1. The lowest BCUT2D eigenvalue weighted by molar-refractivity contribution is -0.122. The molecule has 0 aliphatic rings. The Morgan fingerprint density at radius 2 is 1.75 bits per heavy atom. The second-order valence-electron chi connectivity index (χ2n) is 7.41. The van der Waals surface area contributed by atoms with E-state index in [1.807, 2.05) is 31.2 Å². The minimum atomic E-state index is -0.0574. The number of aliphatic hydroxyl groups excluding tert-OH is 1. The summed E-state index contributed by atoms with van der Waals surface area (Å²) in [7, 11) is 0. The van der Waals surface area contributed by atoms with E-state index in [9.17, 15) is 9.90 Å². The number of rotatable bonds is 9. The number of ketones is 1. The summed E-state index contributed by atoms with van der Waals surface area (Å²) in [6, 6.07) is 9.40. The predicted molar refractivity (Wildman–Crippen MR) is 118 cm³/mol. The molecule has 0 saturated heterocycles. The lowest BCUT2D eigenvalue weighted by Gasteiger charge is -2.14. The number of aromatic hydroxyl groups is 1. The Morgan fingerprint density at radius 1 is 1.11 bits per heavy atom. The number of halogens is 2. The number of hydrogen-bond acceptors (Lipinski definition) is 4. The van der Waals surface area contributed by atoms with Gasteiger partial charge in [-0.15, -0.1) is 0 Å². The Labute approximate surface area is 183 Å². The Balaban J connectivity index is 2.12. The van der Waals surface area contributed by atoms with Gasteiger partial charge in [-0.1, -0.05) is 64.8 Å². The van der Waals surface area contributed by atoms with E-state index < -0.39 is 0 Å². The van der Waals surface area contributed by atoms with E-state index in [0.29, 0.717) is 24.3 Å².